The number of hydrogen-bond acceptors (Lipinski definition) is 2. The quantitative estimate of drug-likeness (QED) is 0.726. The second-order valence-corrected chi connectivity index (χ2v) is 4.27. The van der Waals surface area contributed by atoms with Crippen LogP contribution in [0.15, 0.2) is 24.3 Å². The van der Waals surface area contributed by atoms with E-state index in [0.717, 1.165) is 12.0 Å². The maximum atomic E-state index is 11.3. The number of alkyl carbamates (subject to hydrolysis) is 1. The fourth-order valence-electron chi connectivity index (χ4n) is 0.968. The Labute approximate surface area is 92.2 Å². The molecule has 0 aromatic carbocycles. The summed E-state index contributed by atoms with van der Waals surface area (Å²) in [5, 5.41) is 2.70. The molecule has 0 bridgehead atoms. The molecule has 0 spiro atoms. The Morgan fingerprint density at radius 3 is 2.47 bits per heavy atom. The van der Waals surface area contributed by atoms with Crippen molar-refractivity contribution in [2.24, 2.45) is 0 Å². The van der Waals surface area contributed by atoms with Gasteiger partial charge in [0.25, 0.3) is 0 Å². The number of carbonyl (C=O) groups is 1. The van der Waals surface area contributed by atoms with Gasteiger partial charge in [0, 0.05) is 6.54 Å². The van der Waals surface area contributed by atoms with E-state index in [4.69, 9.17) is 4.74 Å². The second kappa shape index (κ2) is 6.27. The molecule has 0 aliphatic rings. The topological polar surface area (TPSA) is 38.3 Å². The van der Waals surface area contributed by atoms with Crippen molar-refractivity contribution in [1.82, 2.24) is 5.32 Å². The van der Waals surface area contributed by atoms with Gasteiger partial charge in [0.15, 0.2) is 0 Å². The van der Waals surface area contributed by atoms with Crippen LogP contribution in [0.4, 0.5) is 4.79 Å². The van der Waals surface area contributed by atoms with E-state index in [-0.39, 0.29) is 6.09 Å². The molecule has 0 fully saturated rings. The normalized spacial score (nSPS) is 12.1. The highest BCUT2D eigenvalue weighted by molar-refractivity contribution is 5.68. The molecule has 0 radical (unpaired) electrons. The first-order valence-corrected chi connectivity index (χ1v) is 5.16. The Balaban J connectivity index is 4.00. The van der Waals surface area contributed by atoms with Gasteiger partial charge in [-0.05, 0) is 27.2 Å². The van der Waals surface area contributed by atoms with Gasteiger partial charge in [0.1, 0.15) is 5.60 Å². The molecule has 15 heavy (non-hydrogen) atoms. The minimum atomic E-state index is -0.446. The number of hydrogen-bond donors (Lipinski definition) is 1. The number of rotatable bonds is 4. The molecule has 0 unspecified atom stereocenters. The van der Waals surface area contributed by atoms with E-state index in [1.54, 1.807) is 6.08 Å². The Bertz CT molecular complexity index is 249. The largest absolute Gasteiger partial charge is 0.444 e. The monoisotopic (exact) mass is 211 g/mol. The van der Waals surface area contributed by atoms with Crippen LogP contribution in [0.1, 0.15) is 34.1 Å². The van der Waals surface area contributed by atoms with Crippen molar-refractivity contribution in [3.63, 3.8) is 0 Å². The Kier molecular flexibility index (Phi) is 5.75. The summed E-state index contributed by atoms with van der Waals surface area (Å²) < 4.78 is 5.11. The highest BCUT2D eigenvalue weighted by Crippen LogP contribution is 2.07. The fraction of sp³-hybridized carbons (Fsp3) is 0.583. The van der Waals surface area contributed by atoms with Gasteiger partial charge in [-0.1, -0.05) is 31.2 Å². The molecule has 0 aliphatic heterocycles. The number of amides is 1. The van der Waals surface area contributed by atoms with Crippen LogP contribution in [0.3, 0.4) is 0 Å². The molecule has 3 nitrogen and oxygen atoms in total. The third-order valence-corrected chi connectivity index (χ3v) is 1.67. The standard InChI is InChI=1S/C12H21NO2/c1-6-8-10(7-2)9-13-11(14)15-12(3,4)5/h6,8H,1,7,9H2,2-5H3,(H,13,14)/b10-8-. The van der Waals surface area contributed by atoms with Crippen LogP contribution in [0.2, 0.25) is 0 Å². The molecule has 0 aliphatic carbocycles. The van der Waals surface area contributed by atoms with Crippen LogP contribution in [-0.2, 0) is 4.74 Å². The zero-order valence-electron chi connectivity index (χ0n) is 10.1. The third kappa shape index (κ3) is 7.79. The molecule has 0 aromatic heterocycles. The Morgan fingerprint density at radius 1 is 1.47 bits per heavy atom. The molecular weight excluding hydrogens is 190 g/mol. The van der Waals surface area contributed by atoms with Crippen LogP contribution in [0, 0.1) is 0 Å². The van der Waals surface area contributed by atoms with Crippen LogP contribution >= 0.6 is 0 Å². The number of nitrogens with one attached hydrogen (secondary N) is 1. The minimum absolute atomic E-state index is 0.383. The predicted octanol–water partition coefficient (Wildman–Crippen LogP) is 3.03. The van der Waals surface area contributed by atoms with Gasteiger partial charge in [-0.3, -0.25) is 0 Å². The summed E-state index contributed by atoms with van der Waals surface area (Å²) in [5.74, 6) is 0. The third-order valence-electron chi connectivity index (χ3n) is 1.67. The summed E-state index contributed by atoms with van der Waals surface area (Å²) in [5.41, 5.74) is 0.675. The summed E-state index contributed by atoms with van der Waals surface area (Å²) in [6, 6.07) is 0. The van der Waals surface area contributed by atoms with E-state index in [1.165, 1.54) is 0 Å². The summed E-state index contributed by atoms with van der Waals surface area (Å²) in [6.07, 6.45) is 4.13. The number of carbonyl (C=O) groups excluding carboxylic acids is 1. The van der Waals surface area contributed by atoms with Crippen LogP contribution in [0.25, 0.3) is 0 Å². The Hall–Kier alpha value is -1.25. The van der Waals surface area contributed by atoms with Crippen LogP contribution < -0.4 is 5.32 Å². The van der Waals surface area contributed by atoms with E-state index in [9.17, 15) is 4.79 Å². The van der Waals surface area contributed by atoms with Crippen LogP contribution in [-0.4, -0.2) is 18.2 Å². The highest BCUT2D eigenvalue weighted by atomic mass is 16.6. The summed E-state index contributed by atoms with van der Waals surface area (Å²) in [6.45, 7) is 11.7. The van der Waals surface area contributed by atoms with Gasteiger partial charge in [0.2, 0.25) is 0 Å². The van der Waals surface area contributed by atoms with Crippen molar-refractivity contribution < 1.29 is 9.53 Å². The van der Waals surface area contributed by atoms with E-state index in [0.29, 0.717) is 6.54 Å². The maximum absolute atomic E-state index is 11.3. The summed E-state index contributed by atoms with van der Waals surface area (Å²) in [4.78, 5) is 11.3. The lowest BCUT2D eigenvalue weighted by atomic mass is 10.2. The van der Waals surface area contributed by atoms with Gasteiger partial charge in [-0.25, -0.2) is 4.79 Å². The van der Waals surface area contributed by atoms with E-state index < -0.39 is 5.60 Å². The highest BCUT2D eigenvalue weighted by Gasteiger charge is 2.15. The average molecular weight is 211 g/mol. The molecule has 0 saturated carbocycles. The second-order valence-electron chi connectivity index (χ2n) is 4.27. The van der Waals surface area contributed by atoms with Gasteiger partial charge in [-0.15, -0.1) is 0 Å². The molecule has 0 rings (SSSR count). The van der Waals surface area contributed by atoms with Gasteiger partial charge in [-0.2, -0.15) is 0 Å². The SMILES string of the molecule is C=C/C=C(/CC)CNC(=O)OC(C)(C)C. The molecule has 0 atom stereocenters. The first-order chi connectivity index (χ1) is 6.89. The zero-order chi connectivity index (χ0) is 11.9. The molecule has 3 heteroatoms. The average Bonchev–Trinajstić information content (AvgIpc) is 2.09. The van der Waals surface area contributed by atoms with Gasteiger partial charge in [0.05, 0.1) is 0 Å². The van der Waals surface area contributed by atoms with E-state index >= 15 is 0 Å². The first-order valence-electron chi connectivity index (χ1n) is 5.16. The van der Waals surface area contributed by atoms with Gasteiger partial charge >= 0.3 is 6.09 Å². The van der Waals surface area contributed by atoms with Crippen molar-refractivity contribution in [2.45, 2.75) is 39.7 Å². The minimum Gasteiger partial charge on any atom is -0.444 e. The van der Waals surface area contributed by atoms with E-state index in [1.807, 2.05) is 33.8 Å². The van der Waals surface area contributed by atoms with Crippen molar-refractivity contribution in [1.29, 1.82) is 0 Å². The summed E-state index contributed by atoms with van der Waals surface area (Å²) >= 11 is 0. The molecule has 0 heterocycles. The smallest absolute Gasteiger partial charge is 0.407 e. The summed E-state index contributed by atoms with van der Waals surface area (Å²) in [7, 11) is 0. The van der Waals surface area contributed by atoms with Crippen molar-refractivity contribution in [3.05, 3.63) is 24.3 Å². The zero-order valence-corrected chi connectivity index (χ0v) is 10.1. The number of allylic oxidation sites excluding steroid dienone is 2. The van der Waals surface area contributed by atoms with Crippen molar-refractivity contribution in [2.75, 3.05) is 6.54 Å². The molecule has 86 valence electrons. The molecule has 0 aromatic rings. The van der Waals surface area contributed by atoms with Crippen LogP contribution in [0.5, 0.6) is 0 Å². The number of ether oxygens (including phenoxy) is 1. The molecule has 1 amide bonds. The Morgan fingerprint density at radius 2 is 2.07 bits per heavy atom. The van der Waals surface area contributed by atoms with Gasteiger partial charge < -0.3 is 10.1 Å². The van der Waals surface area contributed by atoms with Crippen molar-refractivity contribution >= 4 is 6.09 Å². The lowest BCUT2D eigenvalue weighted by Crippen LogP contribution is -2.33. The molecule has 1 N–H and O–H groups in total. The molecule has 0 saturated heterocycles. The lowest BCUT2D eigenvalue weighted by molar-refractivity contribution is 0.0532. The van der Waals surface area contributed by atoms with Crippen molar-refractivity contribution in [3.8, 4) is 0 Å². The fourth-order valence-corrected chi connectivity index (χ4v) is 0.968. The lowest BCUT2D eigenvalue weighted by Gasteiger charge is -2.19. The molecular formula is C12H21NO2. The maximum Gasteiger partial charge on any atom is 0.407 e. The first kappa shape index (κ1) is 13.8. The van der Waals surface area contributed by atoms with E-state index in [2.05, 4.69) is 11.9 Å². The predicted molar refractivity (Wildman–Crippen MR) is 62.8 cm³/mol.